The van der Waals surface area contributed by atoms with Crippen LogP contribution in [0.1, 0.15) is 55.4 Å². The first-order valence-corrected chi connectivity index (χ1v) is 16.1. The van der Waals surface area contributed by atoms with Gasteiger partial charge in [-0.15, -0.1) is 0 Å². The fraction of sp³-hybridized carbons (Fsp3) is 0.395. The zero-order valence-electron chi connectivity index (χ0n) is 26.5. The van der Waals surface area contributed by atoms with Crippen LogP contribution in [0.25, 0.3) is 0 Å². The Labute approximate surface area is 269 Å². The van der Waals surface area contributed by atoms with Crippen LogP contribution in [0.3, 0.4) is 0 Å². The molecule has 0 aromatic heterocycles. The molecule has 3 aromatic carbocycles. The second-order valence-corrected chi connectivity index (χ2v) is 12.9. The van der Waals surface area contributed by atoms with E-state index in [0.717, 1.165) is 36.2 Å². The summed E-state index contributed by atoms with van der Waals surface area (Å²) in [4.78, 5) is 43.0. The van der Waals surface area contributed by atoms with Gasteiger partial charge in [0.25, 0.3) is 5.91 Å². The van der Waals surface area contributed by atoms with E-state index in [1.54, 1.807) is 11.9 Å². The van der Waals surface area contributed by atoms with Crippen LogP contribution in [0, 0.1) is 11.8 Å². The summed E-state index contributed by atoms with van der Waals surface area (Å²) in [6.45, 7) is 4.45. The first-order valence-electron chi connectivity index (χ1n) is 16.1. The van der Waals surface area contributed by atoms with Crippen LogP contribution in [0.15, 0.2) is 72.8 Å². The molecular weight excluding hydrogens is 580 g/mol. The number of esters is 2. The number of ether oxygens (including phenoxy) is 3. The summed E-state index contributed by atoms with van der Waals surface area (Å²) in [5.74, 6) is 5.61. The first kappa shape index (κ1) is 30.1. The van der Waals surface area contributed by atoms with Crippen molar-refractivity contribution in [1.82, 2.24) is 9.80 Å². The summed E-state index contributed by atoms with van der Waals surface area (Å²) in [5, 5.41) is 0. The third-order valence-electron chi connectivity index (χ3n) is 10.5. The molecule has 1 saturated heterocycles. The number of carbonyl (C=O) groups excluding carboxylic acids is 3. The molecule has 2 aliphatic carbocycles. The standard InChI is InChI=1S/C38H38N2O6/c1-25(41)44-31-16-15-29-24-32-38(46-26(2)42)20-18-30(39(3)33(43)17-14-27-10-6-4-7-11-27)36-37(38,34(29)35(31)45-36)21-23-40(32)22-19-28-12-8-5-9-13-28/h4-13,15-16,30,32,36H,18-24H2,1-3H3/t30-,32+,36-,37-,38+/m0/s1. The van der Waals surface area contributed by atoms with Crippen LogP contribution in [0.5, 0.6) is 11.5 Å². The van der Waals surface area contributed by atoms with E-state index in [0.29, 0.717) is 37.2 Å². The Bertz CT molecular complexity index is 1750. The van der Waals surface area contributed by atoms with Gasteiger partial charge in [-0.05, 0) is 68.0 Å². The Morgan fingerprint density at radius 3 is 2.43 bits per heavy atom. The minimum Gasteiger partial charge on any atom is -0.483 e. The SMILES string of the molecule is CC(=O)Oc1ccc2c3c1O[C@H]1[C@@H](N(C)C(=O)C#Cc4ccccc4)CC[C@@]4(OC(C)=O)[C@@H](C2)N(CCc2ccccc2)CC[C@]314. The maximum Gasteiger partial charge on any atom is 0.308 e. The fourth-order valence-corrected chi connectivity index (χ4v) is 8.73. The summed E-state index contributed by atoms with van der Waals surface area (Å²) in [6.07, 6.45) is 2.80. The number of carbonyl (C=O) groups is 3. The number of likely N-dealkylation sites (N-methyl/N-ethyl adjacent to an activating group) is 1. The summed E-state index contributed by atoms with van der Waals surface area (Å²) >= 11 is 0. The van der Waals surface area contributed by atoms with Crippen molar-refractivity contribution in [1.29, 1.82) is 0 Å². The summed E-state index contributed by atoms with van der Waals surface area (Å²) in [7, 11) is 1.78. The summed E-state index contributed by atoms with van der Waals surface area (Å²) < 4.78 is 19.2. The Balaban J connectivity index is 1.31. The second-order valence-electron chi connectivity index (χ2n) is 12.9. The predicted octanol–water partition coefficient (Wildman–Crippen LogP) is 4.46. The fourth-order valence-electron chi connectivity index (χ4n) is 8.73. The highest BCUT2D eigenvalue weighted by Crippen LogP contribution is 2.67. The average Bonchev–Trinajstić information content (AvgIpc) is 3.40. The van der Waals surface area contributed by atoms with Gasteiger partial charge in [0, 0.05) is 44.5 Å². The van der Waals surface area contributed by atoms with Crippen LogP contribution in [-0.2, 0) is 37.4 Å². The first-order chi connectivity index (χ1) is 22.2. The average molecular weight is 619 g/mol. The van der Waals surface area contributed by atoms with E-state index in [1.807, 2.05) is 48.5 Å². The van der Waals surface area contributed by atoms with Gasteiger partial charge in [0.2, 0.25) is 0 Å². The van der Waals surface area contributed by atoms with Gasteiger partial charge in [0.05, 0.1) is 17.5 Å². The van der Waals surface area contributed by atoms with Crippen molar-refractivity contribution >= 4 is 17.8 Å². The monoisotopic (exact) mass is 618 g/mol. The maximum atomic E-state index is 13.6. The highest BCUT2D eigenvalue weighted by Gasteiger charge is 2.75. The van der Waals surface area contributed by atoms with Gasteiger partial charge in [-0.25, -0.2) is 0 Å². The van der Waals surface area contributed by atoms with Gasteiger partial charge in [-0.3, -0.25) is 19.3 Å². The molecule has 5 atom stereocenters. The molecule has 2 fully saturated rings. The molecule has 2 bridgehead atoms. The van der Waals surface area contributed by atoms with E-state index in [9.17, 15) is 14.4 Å². The van der Waals surface area contributed by atoms with Crippen molar-refractivity contribution in [2.24, 2.45) is 0 Å². The highest BCUT2D eigenvalue weighted by atomic mass is 16.6. The van der Waals surface area contributed by atoms with Crippen LogP contribution in [0.4, 0.5) is 0 Å². The Morgan fingerprint density at radius 2 is 1.72 bits per heavy atom. The Kier molecular flexibility index (Phi) is 7.60. The molecule has 0 radical (unpaired) electrons. The number of nitrogens with zero attached hydrogens (tertiary/aromatic N) is 2. The van der Waals surface area contributed by atoms with Crippen molar-refractivity contribution in [3.63, 3.8) is 0 Å². The number of amides is 1. The molecule has 4 aliphatic rings. The van der Waals surface area contributed by atoms with Crippen molar-refractivity contribution in [2.75, 3.05) is 20.1 Å². The Morgan fingerprint density at radius 1 is 0.978 bits per heavy atom. The van der Waals surface area contributed by atoms with Crippen molar-refractivity contribution < 1.29 is 28.6 Å². The van der Waals surface area contributed by atoms with E-state index in [4.69, 9.17) is 14.2 Å². The smallest absolute Gasteiger partial charge is 0.308 e. The number of rotatable bonds is 6. The minimum atomic E-state index is -0.887. The number of hydrogen-bond donors (Lipinski definition) is 0. The maximum absolute atomic E-state index is 13.6. The van der Waals surface area contributed by atoms with Gasteiger partial charge in [-0.2, -0.15) is 0 Å². The van der Waals surface area contributed by atoms with Crippen molar-refractivity contribution in [3.05, 3.63) is 95.1 Å². The largest absolute Gasteiger partial charge is 0.483 e. The molecule has 8 heteroatoms. The quantitative estimate of drug-likeness (QED) is 0.229. The van der Waals surface area contributed by atoms with Crippen molar-refractivity contribution in [2.45, 2.75) is 75.2 Å². The van der Waals surface area contributed by atoms with Crippen molar-refractivity contribution in [3.8, 4) is 23.3 Å². The van der Waals surface area contributed by atoms with E-state index in [1.165, 1.54) is 19.4 Å². The molecule has 0 N–H and O–H groups in total. The van der Waals surface area contributed by atoms with Gasteiger partial charge >= 0.3 is 11.9 Å². The van der Waals surface area contributed by atoms with Crippen LogP contribution in [0.2, 0.25) is 0 Å². The molecule has 46 heavy (non-hydrogen) atoms. The van der Waals surface area contributed by atoms with Gasteiger partial charge in [0.1, 0.15) is 11.7 Å². The lowest BCUT2D eigenvalue weighted by Gasteiger charge is -2.65. The molecule has 1 saturated carbocycles. The summed E-state index contributed by atoms with van der Waals surface area (Å²) in [5.41, 5.74) is 2.45. The zero-order valence-corrected chi connectivity index (χ0v) is 26.5. The number of benzene rings is 3. The lowest BCUT2D eigenvalue weighted by molar-refractivity contribution is -0.223. The number of hydrogen-bond acceptors (Lipinski definition) is 7. The van der Waals surface area contributed by atoms with E-state index < -0.39 is 23.1 Å². The molecule has 1 amide bonds. The number of piperidine rings is 1. The molecule has 2 aliphatic heterocycles. The minimum absolute atomic E-state index is 0.0854. The van der Waals surface area contributed by atoms with Crippen LogP contribution in [-0.4, -0.2) is 71.6 Å². The predicted molar refractivity (Wildman–Crippen MR) is 171 cm³/mol. The topological polar surface area (TPSA) is 85.4 Å². The third kappa shape index (κ3) is 4.76. The molecule has 236 valence electrons. The molecule has 3 aromatic rings. The lowest BCUT2D eigenvalue weighted by atomic mass is 9.48. The molecular formula is C38H38N2O6. The summed E-state index contributed by atoms with van der Waals surface area (Å²) in [6, 6.07) is 23.3. The van der Waals surface area contributed by atoms with Crippen LogP contribution < -0.4 is 9.47 Å². The second kappa shape index (κ2) is 11.6. The van der Waals surface area contributed by atoms with Gasteiger partial charge < -0.3 is 19.1 Å². The highest BCUT2D eigenvalue weighted by molar-refractivity contribution is 5.94. The normalized spacial score (nSPS) is 26.9. The van der Waals surface area contributed by atoms with Gasteiger partial charge in [-0.1, -0.05) is 60.5 Å². The zero-order chi connectivity index (χ0) is 32.1. The molecule has 1 spiro atoms. The lowest BCUT2D eigenvalue weighted by Crippen LogP contribution is -2.79. The van der Waals surface area contributed by atoms with Crippen LogP contribution >= 0.6 is 0 Å². The number of likely N-dealkylation sites (tertiary alicyclic amines) is 1. The molecule has 2 heterocycles. The van der Waals surface area contributed by atoms with E-state index >= 15 is 0 Å². The molecule has 8 nitrogen and oxygen atoms in total. The van der Waals surface area contributed by atoms with E-state index in [-0.39, 0.29) is 24.0 Å². The third-order valence-corrected chi connectivity index (χ3v) is 10.5. The van der Waals surface area contributed by atoms with Gasteiger partial charge in [0.15, 0.2) is 11.5 Å². The Hall–Kier alpha value is -4.61. The molecule has 7 rings (SSSR count). The van der Waals surface area contributed by atoms with E-state index in [2.05, 4.69) is 41.0 Å². The molecule has 0 unspecified atom stereocenters.